The third kappa shape index (κ3) is 2.51. The zero-order valence-electron chi connectivity index (χ0n) is 11.4. The van der Waals surface area contributed by atoms with Crippen molar-refractivity contribution in [2.24, 2.45) is 0 Å². The first kappa shape index (κ1) is 12.6. The van der Waals surface area contributed by atoms with Gasteiger partial charge in [-0.05, 0) is 24.6 Å². The molecular formula is C15H21N3O. The Morgan fingerprint density at radius 2 is 2.05 bits per heavy atom. The number of piperazine rings is 1. The van der Waals surface area contributed by atoms with Crippen molar-refractivity contribution in [2.45, 2.75) is 19.0 Å². The van der Waals surface area contributed by atoms with Crippen LogP contribution in [0.3, 0.4) is 0 Å². The number of likely N-dealkylation sites (N-methyl/N-ethyl adjacent to an activating group) is 1. The summed E-state index contributed by atoms with van der Waals surface area (Å²) in [6.07, 6.45) is 0.978. The van der Waals surface area contributed by atoms with E-state index in [0.29, 0.717) is 0 Å². The van der Waals surface area contributed by atoms with E-state index in [9.17, 15) is 4.79 Å². The van der Waals surface area contributed by atoms with Crippen LogP contribution in [0.2, 0.25) is 0 Å². The molecule has 0 spiro atoms. The highest BCUT2D eigenvalue weighted by molar-refractivity contribution is 5.82. The Kier molecular flexibility index (Phi) is 3.53. The highest BCUT2D eigenvalue weighted by Gasteiger charge is 2.31. The Labute approximate surface area is 114 Å². The van der Waals surface area contributed by atoms with Crippen molar-refractivity contribution in [3.8, 4) is 0 Å². The predicted octanol–water partition coefficient (Wildman–Crippen LogP) is 0.475. The number of nitrogens with zero attached hydrogens (tertiary/aromatic N) is 2. The van der Waals surface area contributed by atoms with Crippen LogP contribution < -0.4 is 5.32 Å². The molecule has 1 N–H and O–H groups in total. The number of amides is 1. The summed E-state index contributed by atoms with van der Waals surface area (Å²) in [5.41, 5.74) is 2.69. The van der Waals surface area contributed by atoms with Gasteiger partial charge in [-0.15, -0.1) is 0 Å². The lowest BCUT2D eigenvalue weighted by molar-refractivity contribution is -0.138. The van der Waals surface area contributed by atoms with Crippen LogP contribution >= 0.6 is 0 Å². The van der Waals surface area contributed by atoms with Crippen LogP contribution in [0.15, 0.2) is 24.3 Å². The van der Waals surface area contributed by atoms with Gasteiger partial charge in [0, 0.05) is 32.7 Å². The largest absolute Gasteiger partial charge is 0.337 e. The molecule has 3 rings (SSSR count). The molecule has 1 saturated heterocycles. The van der Waals surface area contributed by atoms with E-state index in [4.69, 9.17) is 0 Å². The molecule has 4 heteroatoms. The summed E-state index contributed by atoms with van der Waals surface area (Å²) >= 11 is 0. The first-order valence-electron chi connectivity index (χ1n) is 7.02. The number of fused-ring (bicyclic) bond motifs is 1. The number of carbonyl (C=O) groups excluding carboxylic acids is 1. The van der Waals surface area contributed by atoms with Crippen molar-refractivity contribution in [1.29, 1.82) is 0 Å². The molecule has 19 heavy (non-hydrogen) atoms. The van der Waals surface area contributed by atoms with Crippen molar-refractivity contribution in [3.05, 3.63) is 35.4 Å². The number of benzene rings is 1. The van der Waals surface area contributed by atoms with Crippen LogP contribution in [-0.2, 0) is 17.8 Å². The van der Waals surface area contributed by atoms with Crippen LogP contribution in [0, 0.1) is 0 Å². The molecule has 0 radical (unpaired) electrons. The lowest BCUT2D eigenvalue weighted by Gasteiger charge is -2.37. The molecule has 1 atom stereocenters. The number of nitrogens with one attached hydrogen (secondary N) is 1. The monoisotopic (exact) mass is 259 g/mol. The quantitative estimate of drug-likeness (QED) is 0.796. The minimum absolute atomic E-state index is 0.000915. The number of hydrogen-bond acceptors (Lipinski definition) is 3. The average Bonchev–Trinajstić information content (AvgIpc) is 2.46. The molecule has 0 aliphatic carbocycles. The maximum absolute atomic E-state index is 12.6. The lowest BCUT2D eigenvalue weighted by Crippen LogP contribution is -2.57. The van der Waals surface area contributed by atoms with Gasteiger partial charge in [0.2, 0.25) is 5.91 Å². The first-order valence-corrected chi connectivity index (χ1v) is 7.02. The van der Waals surface area contributed by atoms with Gasteiger partial charge in [-0.2, -0.15) is 0 Å². The standard InChI is InChI=1S/C15H21N3O/c1-17-9-7-16-10-14(17)15(19)18-8-6-12-4-2-3-5-13(12)11-18/h2-5,14,16H,6-11H2,1H3. The second-order valence-electron chi connectivity index (χ2n) is 5.48. The Bertz CT molecular complexity index is 474. The molecule has 0 aromatic heterocycles. The molecule has 2 heterocycles. The zero-order valence-corrected chi connectivity index (χ0v) is 11.4. The van der Waals surface area contributed by atoms with Gasteiger partial charge in [0.1, 0.15) is 6.04 Å². The highest BCUT2D eigenvalue weighted by atomic mass is 16.2. The molecule has 0 bridgehead atoms. The van der Waals surface area contributed by atoms with E-state index in [1.54, 1.807) is 0 Å². The summed E-state index contributed by atoms with van der Waals surface area (Å²) in [6.45, 7) is 4.30. The third-order valence-electron chi connectivity index (χ3n) is 4.24. The fourth-order valence-electron chi connectivity index (χ4n) is 2.98. The maximum atomic E-state index is 12.6. The Balaban J connectivity index is 1.72. The average molecular weight is 259 g/mol. The fourth-order valence-corrected chi connectivity index (χ4v) is 2.98. The summed E-state index contributed by atoms with van der Waals surface area (Å²) in [4.78, 5) is 16.8. The minimum atomic E-state index is -0.000915. The summed E-state index contributed by atoms with van der Waals surface area (Å²) in [5, 5.41) is 3.32. The number of rotatable bonds is 1. The van der Waals surface area contributed by atoms with E-state index in [0.717, 1.165) is 39.1 Å². The molecule has 1 aromatic rings. The molecule has 1 amide bonds. The van der Waals surface area contributed by atoms with E-state index in [1.165, 1.54) is 11.1 Å². The van der Waals surface area contributed by atoms with Gasteiger partial charge in [-0.1, -0.05) is 24.3 Å². The Morgan fingerprint density at radius 3 is 2.84 bits per heavy atom. The second kappa shape index (κ2) is 5.31. The summed E-state index contributed by atoms with van der Waals surface area (Å²) in [7, 11) is 2.04. The van der Waals surface area contributed by atoms with Gasteiger partial charge in [0.25, 0.3) is 0 Å². The van der Waals surface area contributed by atoms with E-state index in [2.05, 4.69) is 34.5 Å². The van der Waals surface area contributed by atoms with Gasteiger partial charge < -0.3 is 10.2 Å². The van der Waals surface area contributed by atoms with Crippen molar-refractivity contribution in [2.75, 3.05) is 33.2 Å². The van der Waals surface area contributed by atoms with Gasteiger partial charge in [-0.3, -0.25) is 9.69 Å². The normalized spacial score (nSPS) is 24.1. The number of hydrogen-bond donors (Lipinski definition) is 1. The molecule has 1 aromatic carbocycles. The molecule has 1 unspecified atom stereocenters. The third-order valence-corrected chi connectivity index (χ3v) is 4.24. The van der Waals surface area contributed by atoms with Crippen molar-refractivity contribution >= 4 is 5.91 Å². The van der Waals surface area contributed by atoms with Gasteiger partial charge in [0.15, 0.2) is 0 Å². The van der Waals surface area contributed by atoms with Crippen molar-refractivity contribution in [1.82, 2.24) is 15.1 Å². The predicted molar refractivity (Wildman–Crippen MR) is 74.9 cm³/mol. The summed E-state index contributed by atoms with van der Waals surface area (Å²) in [6, 6.07) is 8.44. The van der Waals surface area contributed by atoms with Crippen LogP contribution in [0.5, 0.6) is 0 Å². The van der Waals surface area contributed by atoms with Crippen LogP contribution in [0.4, 0.5) is 0 Å². The van der Waals surface area contributed by atoms with E-state index in [-0.39, 0.29) is 11.9 Å². The molecular weight excluding hydrogens is 238 g/mol. The molecule has 0 saturated carbocycles. The molecule has 1 fully saturated rings. The van der Waals surface area contributed by atoms with E-state index in [1.807, 2.05) is 11.9 Å². The van der Waals surface area contributed by atoms with Crippen LogP contribution in [0.1, 0.15) is 11.1 Å². The Morgan fingerprint density at radius 1 is 1.26 bits per heavy atom. The maximum Gasteiger partial charge on any atom is 0.241 e. The van der Waals surface area contributed by atoms with Crippen molar-refractivity contribution in [3.63, 3.8) is 0 Å². The van der Waals surface area contributed by atoms with Crippen LogP contribution in [0.25, 0.3) is 0 Å². The SMILES string of the molecule is CN1CCNCC1C(=O)N1CCc2ccccc2C1. The van der Waals surface area contributed by atoms with Crippen molar-refractivity contribution < 1.29 is 4.79 Å². The van der Waals surface area contributed by atoms with Gasteiger partial charge in [0.05, 0.1) is 0 Å². The highest BCUT2D eigenvalue weighted by Crippen LogP contribution is 2.19. The molecule has 2 aliphatic rings. The summed E-state index contributed by atoms with van der Waals surface area (Å²) in [5.74, 6) is 0.268. The van der Waals surface area contributed by atoms with Crippen LogP contribution in [-0.4, -0.2) is 55.0 Å². The lowest BCUT2D eigenvalue weighted by atomic mass is 9.99. The summed E-state index contributed by atoms with van der Waals surface area (Å²) < 4.78 is 0. The number of carbonyl (C=O) groups is 1. The van der Waals surface area contributed by atoms with Gasteiger partial charge in [-0.25, -0.2) is 0 Å². The Hall–Kier alpha value is -1.39. The van der Waals surface area contributed by atoms with E-state index >= 15 is 0 Å². The smallest absolute Gasteiger partial charge is 0.241 e. The van der Waals surface area contributed by atoms with Gasteiger partial charge >= 0.3 is 0 Å². The molecule has 2 aliphatic heterocycles. The molecule has 4 nitrogen and oxygen atoms in total. The fraction of sp³-hybridized carbons (Fsp3) is 0.533. The first-order chi connectivity index (χ1) is 9.25. The second-order valence-corrected chi connectivity index (χ2v) is 5.48. The minimum Gasteiger partial charge on any atom is -0.337 e. The van der Waals surface area contributed by atoms with E-state index < -0.39 is 0 Å². The topological polar surface area (TPSA) is 35.6 Å². The zero-order chi connectivity index (χ0) is 13.2. The molecule has 102 valence electrons.